The van der Waals surface area contributed by atoms with E-state index in [0.29, 0.717) is 17.7 Å². The van der Waals surface area contributed by atoms with Crippen LogP contribution in [0, 0.1) is 12.7 Å². The number of halogens is 1. The second-order valence-corrected chi connectivity index (χ2v) is 8.45. The third-order valence-electron chi connectivity index (χ3n) is 4.92. The minimum Gasteiger partial charge on any atom is -0.484 e. The molecule has 28 heavy (non-hydrogen) atoms. The fraction of sp³-hybridized carbons (Fsp3) is 0.182. The molecule has 6 heteroatoms. The SMILES string of the molecule is COS(=O)(=O)c1ccc(C)cc1C1Cc2cccc(-c3ccc(F)cc3)c2O1. The number of hydrogen-bond donors (Lipinski definition) is 0. The van der Waals surface area contributed by atoms with Gasteiger partial charge in [0.05, 0.1) is 7.11 Å². The molecule has 0 aliphatic carbocycles. The molecule has 0 radical (unpaired) electrons. The smallest absolute Gasteiger partial charge is 0.297 e. The van der Waals surface area contributed by atoms with E-state index >= 15 is 0 Å². The van der Waals surface area contributed by atoms with Gasteiger partial charge in [0.1, 0.15) is 22.6 Å². The second-order valence-electron chi connectivity index (χ2n) is 6.77. The average Bonchev–Trinajstić information content (AvgIpc) is 3.13. The van der Waals surface area contributed by atoms with Crippen LogP contribution >= 0.6 is 0 Å². The van der Waals surface area contributed by atoms with E-state index in [9.17, 15) is 12.8 Å². The van der Waals surface area contributed by atoms with E-state index in [4.69, 9.17) is 8.92 Å². The number of para-hydroxylation sites is 1. The average molecular weight is 398 g/mol. The van der Waals surface area contributed by atoms with E-state index in [-0.39, 0.29) is 10.7 Å². The Balaban J connectivity index is 1.77. The van der Waals surface area contributed by atoms with Gasteiger partial charge in [0.2, 0.25) is 0 Å². The van der Waals surface area contributed by atoms with Crippen LogP contribution in [-0.4, -0.2) is 15.5 Å². The Hall–Kier alpha value is -2.70. The maximum absolute atomic E-state index is 13.3. The summed E-state index contributed by atoms with van der Waals surface area (Å²) in [6, 6.07) is 17.1. The zero-order valence-electron chi connectivity index (χ0n) is 15.5. The van der Waals surface area contributed by atoms with Gasteiger partial charge in [-0.05, 0) is 36.2 Å². The highest BCUT2D eigenvalue weighted by Crippen LogP contribution is 2.44. The zero-order valence-corrected chi connectivity index (χ0v) is 16.3. The third kappa shape index (κ3) is 3.30. The highest BCUT2D eigenvalue weighted by Gasteiger charge is 2.31. The highest BCUT2D eigenvalue weighted by molar-refractivity contribution is 7.86. The largest absolute Gasteiger partial charge is 0.484 e. The molecule has 4 rings (SSSR count). The predicted octanol–water partition coefficient (Wildman–Crippen LogP) is 4.81. The molecule has 4 nitrogen and oxygen atoms in total. The van der Waals surface area contributed by atoms with Crippen molar-refractivity contribution in [1.29, 1.82) is 0 Å². The first-order chi connectivity index (χ1) is 13.4. The lowest BCUT2D eigenvalue weighted by Crippen LogP contribution is -2.12. The number of benzene rings is 3. The molecule has 3 aromatic carbocycles. The molecule has 0 N–H and O–H groups in total. The molecule has 0 saturated heterocycles. The van der Waals surface area contributed by atoms with Crippen molar-refractivity contribution in [3.63, 3.8) is 0 Å². The molecule has 0 aromatic heterocycles. The Morgan fingerprint density at radius 2 is 1.82 bits per heavy atom. The summed E-state index contributed by atoms with van der Waals surface area (Å²) in [6.45, 7) is 1.90. The molecule has 1 unspecified atom stereocenters. The Labute approximate surface area is 163 Å². The normalized spacial score (nSPS) is 15.9. The third-order valence-corrected chi connectivity index (χ3v) is 6.27. The molecule has 0 bridgehead atoms. The molecule has 0 saturated carbocycles. The fourth-order valence-electron chi connectivity index (χ4n) is 3.54. The Kier molecular flexibility index (Phi) is 4.69. The molecule has 144 valence electrons. The van der Waals surface area contributed by atoms with Gasteiger partial charge < -0.3 is 4.74 Å². The molecule has 1 atom stereocenters. The Bertz CT molecular complexity index is 1140. The monoisotopic (exact) mass is 398 g/mol. The lowest BCUT2D eigenvalue weighted by Gasteiger charge is -2.17. The van der Waals surface area contributed by atoms with Crippen LogP contribution in [0.4, 0.5) is 4.39 Å². The highest BCUT2D eigenvalue weighted by atomic mass is 32.2. The summed E-state index contributed by atoms with van der Waals surface area (Å²) in [7, 11) is -2.71. The lowest BCUT2D eigenvalue weighted by molar-refractivity contribution is 0.235. The van der Waals surface area contributed by atoms with Crippen molar-refractivity contribution in [2.24, 2.45) is 0 Å². The van der Waals surface area contributed by atoms with Gasteiger partial charge in [-0.2, -0.15) is 8.42 Å². The maximum atomic E-state index is 13.3. The molecular weight excluding hydrogens is 379 g/mol. The van der Waals surface area contributed by atoms with Crippen molar-refractivity contribution < 1.29 is 21.7 Å². The molecule has 0 spiro atoms. The number of rotatable bonds is 4. The molecule has 1 aliphatic heterocycles. The number of ether oxygens (including phenoxy) is 1. The number of fused-ring (bicyclic) bond motifs is 1. The van der Waals surface area contributed by atoms with Gasteiger partial charge in [0.25, 0.3) is 10.1 Å². The molecule has 3 aromatic rings. The summed E-state index contributed by atoms with van der Waals surface area (Å²) in [4.78, 5) is 0.113. The minimum atomic E-state index is -3.86. The molecule has 1 aliphatic rings. The van der Waals surface area contributed by atoms with Crippen LogP contribution in [0.2, 0.25) is 0 Å². The Morgan fingerprint density at radius 1 is 1.07 bits per heavy atom. The van der Waals surface area contributed by atoms with Crippen molar-refractivity contribution in [3.8, 4) is 16.9 Å². The number of aryl methyl sites for hydroxylation is 1. The maximum Gasteiger partial charge on any atom is 0.297 e. The van der Waals surface area contributed by atoms with Gasteiger partial charge in [0, 0.05) is 17.5 Å². The van der Waals surface area contributed by atoms with Crippen molar-refractivity contribution in [1.82, 2.24) is 0 Å². The zero-order chi connectivity index (χ0) is 19.9. The first-order valence-electron chi connectivity index (χ1n) is 8.85. The fourth-order valence-corrected chi connectivity index (χ4v) is 4.43. The van der Waals surface area contributed by atoms with Crippen LogP contribution in [0.15, 0.2) is 65.6 Å². The van der Waals surface area contributed by atoms with Gasteiger partial charge in [-0.1, -0.05) is 48.0 Å². The second kappa shape index (κ2) is 7.04. The van der Waals surface area contributed by atoms with Gasteiger partial charge in [0.15, 0.2) is 0 Å². The lowest BCUT2D eigenvalue weighted by atomic mass is 9.98. The van der Waals surface area contributed by atoms with E-state index in [1.165, 1.54) is 12.1 Å². The summed E-state index contributed by atoms with van der Waals surface area (Å²) < 4.78 is 49.0. The standard InChI is InChI=1S/C22H19FO4S/c1-14-6-11-21(28(24,25)26-2)19(12-14)20-13-16-4-3-5-18(22(16)27-20)15-7-9-17(23)10-8-15/h3-12,20H,13H2,1-2H3. The first-order valence-corrected chi connectivity index (χ1v) is 10.3. The summed E-state index contributed by atoms with van der Waals surface area (Å²) in [5, 5.41) is 0. The molecule has 1 heterocycles. The van der Waals surface area contributed by atoms with Gasteiger partial charge >= 0.3 is 0 Å². The van der Waals surface area contributed by atoms with Crippen LogP contribution in [-0.2, 0) is 20.7 Å². The first kappa shape index (κ1) is 18.7. The van der Waals surface area contributed by atoms with Gasteiger partial charge in [-0.25, -0.2) is 4.39 Å². The molecule has 0 fully saturated rings. The van der Waals surface area contributed by atoms with Crippen molar-refractivity contribution in [2.75, 3.05) is 7.11 Å². The van der Waals surface area contributed by atoms with Crippen molar-refractivity contribution in [2.45, 2.75) is 24.3 Å². The van der Waals surface area contributed by atoms with Crippen LogP contribution in [0.3, 0.4) is 0 Å². The quantitative estimate of drug-likeness (QED) is 0.592. The van der Waals surface area contributed by atoms with Gasteiger partial charge in [-0.15, -0.1) is 0 Å². The topological polar surface area (TPSA) is 52.6 Å². The van der Waals surface area contributed by atoms with Gasteiger partial charge in [-0.3, -0.25) is 4.18 Å². The van der Waals surface area contributed by atoms with Crippen molar-refractivity contribution >= 4 is 10.1 Å². The van der Waals surface area contributed by atoms with Crippen LogP contribution in [0.25, 0.3) is 11.1 Å². The predicted molar refractivity (Wildman–Crippen MR) is 104 cm³/mol. The summed E-state index contributed by atoms with van der Waals surface area (Å²) >= 11 is 0. The minimum absolute atomic E-state index is 0.113. The Morgan fingerprint density at radius 3 is 2.54 bits per heavy atom. The van der Waals surface area contributed by atoms with E-state index < -0.39 is 16.2 Å². The van der Waals surface area contributed by atoms with Crippen LogP contribution in [0.5, 0.6) is 5.75 Å². The van der Waals surface area contributed by atoms with E-state index in [1.54, 1.807) is 24.3 Å². The summed E-state index contributed by atoms with van der Waals surface area (Å²) in [5.41, 5.74) is 4.18. The van der Waals surface area contributed by atoms with Crippen LogP contribution < -0.4 is 4.74 Å². The van der Waals surface area contributed by atoms with Crippen molar-refractivity contribution in [3.05, 3.63) is 83.2 Å². The number of hydrogen-bond acceptors (Lipinski definition) is 4. The van der Waals surface area contributed by atoms with E-state index in [2.05, 4.69) is 0 Å². The summed E-state index contributed by atoms with van der Waals surface area (Å²) in [6.07, 6.45) is 0.0940. The molecule has 0 amide bonds. The summed E-state index contributed by atoms with van der Waals surface area (Å²) in [5.74, 6) is 0.394. The van der Waals surface area contributed by atoms with E-state index in [1.807, 2.05) is 31.2 Å². The van der Waals surface area contributed by atoms with E-state index in [0.717, 1.165) is 29.4 Å². The molecular formula is C22H19FO4S. The van der Waals surface area contributed by atoms with Crippen LogP contribution in [0.1, 0.15) is 22.8 Å².